The molecule has 1 heteroatoms. The van der Waals surface area contributed by atoms with Crippen LogP contribution in [0.3, 0.4) is 0 Å². The van der Waals surface area contributed by atoms with Gasteiger partial charge in [0.05, 0.1) is 6.10 Å². The Bertz CT molecular complexity index is 213. The minimum Gasteiger partial charge on any atom is -0.388 e. The summed E-state index contributed by atoms with van der Waals surface area (Å²) in [6.45, 7) is 6.15. The summed E-state index contributed by atoms with van der Waals surface area (Å²) >= 11 is 0. The molecule has 0 aromatic heterocycles. The molecule has 1 unspecified atom stereocenters. The molecule has 0 saturated heterocycles. The fraction of sp³-hybridized carbons (Fsp3) is 0.636. The standard InChI is InChI=1S/C11H18O/c1-4-9-7-6-8(3)11(12)10(9)5-2/h4-5,8,11-12H,6-7H2,1-3H3/b9-4-,10-5+/t8-,11?/m0/s1. The van der Waals surface area contributed by atoms with E-state index in [1.54, 1.807) is 0 Å². The van der Waals surface area contributed by atoms with Crippen molar-refractivity contribution in [3.05, 3.63) is 23.3 Å². The third-order valence-electron chi connectivity index (χ3n) is 2.76. The Labute approximate surface area is 74.8 Å². The van der Waals surface area contributed by atoms with Gasteiger partial charge in [-0.05, 0) is 43.8 Å². The Morgan fingerprint density at radius 3 is 2.50 bits per heavy atom. The van der Waals surface area contributed by atoms with Gasteiger partial charge in [-0.15, -0.1) is 0 Å². The highest BCUT2D eigenvalue weighted by Crippen LogP contribution is 2.32. The summed E-state index contributed by atoms with van der Waals surface area (Å²) < 4.78 is 0. The summed E-state index contributed by atoms with van der Waals surface area (Å²) in [5, 5.41) is 9.83. The molecule has 2 atom stereocenters. The minimum atomic E-state index is -0.241. The van der Waals surface area contributed by atoms with Crippen LogP contribution < -0.4 is 0 Å². The molecule has 0 bridgehead atoms. The molecule has 0 aliphatic heterocycles. The summed E-state index contributed by atoms with van der Waals surface area (Å²) in [7, 11) is 0. The Hall–Kier alpha value is -0.560. The van der Waals surface area contributed by atoms with Crippen molar-refractivity contribution in [2.75, 3.05) is 0 Å². The lowest BCUT2D eigenvalue weighted by Crippen LogP contribution is -2.25. The molecule has 12 heavy (non-hydrogen) atoms. The van der Waals surface area contributed by atoms with Crippen LogP contribution in [0.2, 0.25) is 0 Å². The number of hydrogen-bond acceptors (Lipinski definition) is 1. The van der Waals surface area contributed by atoms with Gasteiger partial charge in [-0.2, -0.15) is 0 Å². The van der Waals surface area contributed by atoms with Crippen molar-refractivity contribution in [3.8, 4) is 0 Å². The van der Waals surface area contributed by atoms with Crippen molar-refractivity contribution in [1.29, 1.82) is 0 Å². The highest BCUT2D eigenvalue weighted by atomic mass is 16.3. The van der Waals surface area contributed by atoms with Crippen LogP contribution >= 0.6 is 0 Å². The Balaban J connectivity index is 2.87. The zero-order valence-electron chi connectivity index (χ0n) is 8.17. The summed E-state index contributed by atoms with van der Waals surface area (Å²) in [6, 6.07) is 0. The molecule has 0 radical (unpaired) electrons. The molecule has 1 fully saturated rings. The molecule has 0 heterocycles. The van der Waals surface area contributed by atoms with Gasteiger partial charge in [-0.3, -0.25) is 0 Å². The van der Waals surface area contributed by atoms with E-state index in [9.17, 15) is 5.11 Å². The molecule has 68 valence electrons. The van der Waals surface area contributed by atoms with Crippen LogP contribution in [0.25, 0.3) is 0 Å². The van der Waals surface area contributed by atoms with Crippen molar-refractivity contribution in [1.82, 2.24) is 0 Å². The van der Waals surface area contributed by atoms with Crippen LogP contribution in [0.15, 0.2) is 23.3 Å². The predicted octanol–water partition coefficient (Wildman–Crippen LogP) is 2.67. The van der Waals surface area contributed by atoms with Gasteiger partial charge in [0, 0.05) is 0 Å². The molecule has 0 aromatic rings. The first kappa shape index (κ1) is 9.53. The first-order valence-electron chi connectivity index (χ1n) is 4.70. The van der Waals surface area contributed by atoms with E-state index in [2.05, 4.69) is 13.0 Å². The molecule has 0 spiro atoms. The van der Waals surface area contributed by atoms with E-state index in [-0.39, 0.29) is 6.10 Å². The lowest BCUT2D eigenvalue weighted by molar-refractivity contribution is 0.137. The number of aliphatic hydroxyl groups is 1. The van der Waals surface area contributed by atoms with Gasteiger partial charge in [0.1, 0.15) is 0 Å². The number of hydrogen-bond donors (Lipinski definition) is 1. The zero-order valence-corrected chi connectivity index (χ0v) is 8.17. The summed E-state index contributed by atoms with van der Waals surface area (Å²) in [6.07, 6.45) is 6.14. The Morgan fingerprint density at radius 1 is 1.33 bits per heavy atom. The summed E-state index contributed by atoms with van der Waals surface area (Å²) in [5.41, 5.74) is 2.46. The number of aliphatic hydroxyl groups excluding tert-OH is 1. The first-order chi connectivity index (χ1) is 5.70. The second-order valence-corrected chi connectivity index (χ2v) is 3.52. The highest BCUT2D eigenvalue weighted by Gasteiger charge is 2.25. The first-order valence-corrected chi connectivity index (χ1v) is 4.70. The molecule has 1 aliphatic carbocycles. The smallest absolute Gasteiger partial charge is 0.0815 e. The van der Waals surface area contributed by atoms with Crippen LogP contribution in [0.1, 0.15) is 33.6 Å². The maximum absolute atomic E-state index is 9.83. The molecule has 1 rings (SSSR count). The van der Waals surface area contributed by atoms with Gasteiger partial charge >= 0.3 is 0 Å². The minimum absolute atomic E-state index is 0.241. The normalized spacial score (nSPS) is 37.7. The molecular formula is C11H18O. The third-order valence-corrected chi connectivity index (χ3v) is 2.76. The number of allylic oxidation sites excluding steroid dienone is 2. The van der Waals surface area contributed by atoms with Gasteiger partial charge in [0.2, 0.25) is 0 Å². The van der Waals surface area contributed by atoms with Crippen molar-refractivity contribution >= 4 is 0 Å². The Kier molecular flexibility index (Phi) is 3.10. The predicted molar refractivity (Wildman–Crippen MR) is 51.9 cm³/mol. The second kappa shape index (κ2) is 3.90. The molecule has 1 N–H and O–H groups in total. The topological polar surface area (TPSA) is 20.2 Å². The second-order valence-electron chi connectivity index (χ2n) is 3.52. The SMILES string of the molecule is C/C=C1/CC[C@H](C)C(O)/C1=C/C. The summed E-state index contributed by atoms with van der Waals surface area (Å²) in [5.74, 6) is 0.417. The van der Waals surface area contributed by atoms with Crippen molar-refractivity contribution < 1.29 is 5.11 Å². The molecular weight excluding hydrogens is 148 g/mol. The molecule has 1 nitrogen and oxygen atoms in total. The van der Waals surface area contributed by atoms with Crippen molar-refractivity contribution in [2.45, 2.75) is 39.7 Å². The van der Waals surface area contributed by atoms with Gasteiger partial charge in [0.25, 0.3) is 0 Å². The lowest BCUT2D eigenvalue weighted by Gasteiger charge is -2.29. The van der Waals surface area contributed by atoms with Crippen LogP contribution in [0, 0.1) is 5.92 Å². The van der Waals surface area contributed by atoms with E-state index >= 15 is 0 Å². The van der Waals surface area contributed by atoms with E-state index < -0.39 is 0 Å². The fourth-order valence-electron chi connectivity index (χ4n) is 1.85. The molecule has 0 aromatic carbocycles. The number of rotatable bonds is 0. The van der Waals surface area contributed by atoms with Crippen LogP contribution in [0.4, 0.5) is 0 Å². The van der Waals surface area contributed by atoms with Crippen LogP contribution in [-0.2, 0) is 0 Å². The zero-order chi connectivity index (χ0) is 9.14. The third kappa shape index (κ3) is 1.61. The monoisotopic (exact) mass is 166 g/mol. The Morgan fingerprint density at radius 2 is 2.00 bits per heavy atom. The van der Waals surface area contributed by atoms with Crippen LogP contribution in [0.5, 0.6) is 0 Å². The van der Waals surface area contributed by atoms with Gasteiger partial charge in [-0.1, -0.05) is 19.1 Å². The van der Waals surface area contributed by atoms with E-state index in [4.69, 9.17) is 0 Å². The van der Waals surface area contributed by atoms with Crippen molar-refractivity contribution in [3.63, 3.8) is 0 Å². The van der Waals surface area contributed by atoms with Gasteiger partial charge in [-0.25, -0.2) is 0 Å². The van der Waals surface area contributed by atoms with E-state index in [0.29, 0.717) is 5.92 Å². The van der Waals surface area contributed by atoms with E-state index in [1.165, 1.54) is 5.57 Å². The largest absolute Gasteiger partial charge is 0.388 e. The fourth-order valence-corrected chi connectivity index (χ4v) is 1.85. The van der Waals surface area contributed by atoms with E-state index in [0.717, 1.165) is 18.4 Å². The highest BCUT2D eigenvalue weighted by molar-refractivity contribution is 5.35. The lowest BCUT2D eigenvalue weighted by atomic mass is 9.80. The quantitative estimate of drug-likeness (QED) is 0.586. The van der Waals surface area contributed by atoms with Gasteiger partial charge in [0.15, 0.2) is 0 Å². The van der Waals surface area contributed by atoms with Gasteiger partial charge < -0.3 is 5.11 Å². The maximum Gasteiger partial charge on any atom is 0.0815 e. The van der Waals surface area contributed by atoms with E-state index in [1.807, 2.05) is 19.9 Å². The maximum atomic E-state index is 9.83. The molecule has 0 amide bonds. The average Bonchev–Trinajstić information content (AvgIpc) is 2.09. The average molecular weight is 166 g/mol. The molecule has 1 saturated carbocycles. The summed E-state index contributed by atoms with van der Waals surface area (Å²) in [4.78, 5) is 0. The van der Waals surface area contributed by atoms with Crippen molar-refractivity contribution in [2.24, 2.45) is 5.92 Å². The van der Waals surface area contributed by atoms with Crippen LogP contribution in [-0.4, -0.2) is 11.2 Å². The molecule has 1 aliphatic rings.